The number of rotatable bonds is 3. The molecule has 0 unspecified atom stereocenters. The van der Waals surface area contributed by atoms with E-state index in [0.29, 0.717) is 24.9 Å². The molecule has 1 aromatic rings. The molecule has 1 heterocycles. The first-order valence-electron chi connectivity index (χ1n) is 6.26. The SMILES string of the molecule is Cc1nn(C)cc1NC(=O)N[C@H]1CC[C@@H](C(=O)O)C1. The number of carboxylic acids is 1. The maximum atomic E-state index is 11.8. The lowest BCUT2D eigenvalue weighted by atomic mass is 10.1. The highest BCUT2D eigenvalue weighted by molar-refractivity contribution is 5.89. The van der Waals surface area contributed by atoms with Gasteiger partial charge in [-0.25, -0.2) is 4.79 Å². The first kappa shape index (κ1) is 13.4. The Morgan fingerprint density at radius 1 is 1.47 bits per heavy atom. The second kappa shape index (κ2) is 5.29. The summed E-state index contributed by atoms with van der Waals surface area (Å²) in [5.74, 6) is -1.13. The average Bonchev–Trinajstić information content (AvgIpc) is 2.87. The minimum atomic E-state index is -0.784. The van der Waals surface area contributed by atoms with Crippen molar-refractivity contribution in [3.8, 4) is 0 Å². The monoisotopic (exact) mass is 266 g/mol. The van der Waals surface area contributed by atoms with Crippen LogP contribution in [0.3, 0.4) is 0 Å². The van der Waals surface area contributed by atoms with Crippen LogP contribution in [0.15, 0.2) is 6.20 Å². The second-order valence-corrected chi connectivity index (χ2v) is 4.95. The predicted octanol–water partition coefficient (Wildman–Crippen LogP) is 1.10. The van der Waals surface area contributed by atoms with Crippen molar-refractivity contribution in [2.24, 2.45) is 13.0 Å². The molecule has 2 atom stereocenters. The van der Waals surface area contributed by atoms with Crippen LogP contribution in [-0.4, -0.2) is 32.9 Å². The third-order valence-electron chi connectivity index (χ3n) is 3.38. The van der Waals surface area contributed by atoms with Crippen LogP contribution in [0, 0.1) is 12.8 Å². The molecule has 7 nitrogen and oxygen atoms in total. The molecule has 104 valence electrons. The van der Waals surface area contributed by atoms with E-state index in [1.807, 2.05) is 6.92 Å². The number of nitrogens with zero attached hydrogens (tertiary/aromatic N) is 2. The number of aromatic nitrogens is 2. The molecule has 0 aromatic carbocycles. The Bertz CT molecular complexity index is 497. The van der Waals surface area contributed by atoms with Crippen molar-refractivity contribution >= 4 is 17.7 Å². The summed E-state index contributed by atoms with van der Waals surface area (Å²) < 4.78 is 1.63. The summed E-state index contributed by atoms with van der Waals surface area (Å²) in [5, 5.41) is 18.5. The lowest BCUT2D eigenvalue weighted by Gasteiger charge is -2.12. The number of carboxylic acid groups (broad SMARTS) is 1. The van der Waals surface area contributed by atoms with Crippen LogP contribution in [0.25, 0.3) is 0 Å². The number of aliphatic carboxylic acids is 1. The van der Waals surface area contributed by atoms with Crippen LogP contribution in [0.5, 0.6) is 0 Å². The fraction of sp³-hybridized carbons (Fsp3) is 0.583. The van der Waals surface area contributed by atoms with Gasteiger partial charge in [-0.15, -0.1) is 0 Å². The van der Waals surface area contributed by atoms with Gasteiger partial charge in [-0.05, 0) is 26.2 Å². The Balaban J connectivity index is 1.85. The van der Waals surface area contributed by atoms with Crippen molar-refractivity contribution in [1.82, 2.24) is 15.1 Å². The summed E-state index contributed by atoms with van der Waals surface area (Å²) in [7, 11) is 1.78. The van der Waals surface area contributed by atoms with Crippen molar-refractivity contribution in [3.05, 3.63) is 11.9 Å². The molecule has 1 aliphatic rings. The van der Waals surface area contributed by atoms with E-state index >= 15 is 0 Å². The maximum absolute atomic E-state index is 11.8. The Kier molecular flexibility index (Phi) is 3.73. The fourth-order valence-corrected chi connectivity index (χ4v) is 2.40. The topological polar surface area (TPSA) is 96.3 Å². The van der Waals surface area contributed by atoms with E-state index in [9.17, 15) is 9.59 Å². The van der Waals surface area contributed by atoms with Crippen molar-refractivity contribution in [1.29, 1.82) is 0 Å². The number of hydrogen-bond donors (Lipinski definition) is 3. The predicted molar refractivity (Wildman–Crippen MR) is 68.9 cm³/mol. The molecule has 1 fully saturated rings. The van der Waals surface area contributed by atoms with Gasteiger partial charge in [-0.2, -0.15) is 5.10 Å². The minimum Gasteiger partial charge on any atom is -0.481 e. The average molecular weight is 266 g/mol. The Morgan fingerprint density at radius 3 is 2.74 bits per heavy atom. The third kappa shape index (κ3) is 3.24. The molecule has 0 radical (unpaired) electrons. The van der Waals surface area contributed by atoms with E-state index in [0.717, 1.165) is 5.69 Å². The summed E-state index contributed by atoms with van der Waals surface area (Å²) >= 11 is 0. The zero-order valence-electron chi connectivity index (χ0n) is 11.0. The van der Waals surface area contributed by atoms with Crippen LogP contribution in [0.2, 0.25) is 0 Å². The Morgan fingerprint density at radius 2 is 2.21 bits per heavy atom. The van der Waals surface area contributed by atoms with Gasteiger partial charge in [0.25, 0.3) is 0 Å². The number of amides is 2. The molecule has 1 aromatic heterocycles. The summed E-state index contributed by atoms with van der Waals surface area (Å²) in [6.07, 6.45) is 3.54. The summed E-state index contributed by atoms with van der Waals surface area (Å²) in [5.41, 5.74) is 1.40. The van der Waals surface area contributed by atoms with Gasteiger partial charge in [0, 0.05) is 19.3 Å². The molecular weight excluding hydrogens is 248 g/mol. The summed E-state index contributed by atoms with van der Waals surface area (Å²) in [6, 6.07) is -0.384. The third-order valence-corrected chi connectivity index (χ3v) is 3.38. The summed E-state index contributed by atoms with van der Waals surface area (Å²) in [4.78, 5) is 22.6. The standard InChI is InChI=1S/C12H18N4O3/c1-7-10(6-16(2)15-7)14-12(19)13-9-4-3-8(5-9)11(17)18/h6,8-9H,3-5H2,1-2H3,(H,17,18)(H2,13,14,19)/t8-,9+/m1/s1. The molecule has 0 spiro atoms. The van der Waals surface area contributed by atoms with Crippen LogP contribution in [0.4, 0.5) is 10.5 Å². The zero-order chi connectivity index (χ0) is 14.0. The first-order valence-corrected chi connectivity index (χ1v) is 6.26. The highest BCUT2D eigenvalue weighted by atomic mass is 16.4. The largest absolute Gasteiger partial charge is 0.481 e. The van der Waals surface area contributed by atoms with E-state index in [1.165, 1.54) is 0 Å². The molecule has 0 bridgehead atoms. The van der Waals surface area contributed by atoms with E-state index < -0.39 is 5.97 Å². The lowest BCUT2D eigenvalue weighted by molar-refractivity contribution is -0.141. The van der Waals surface area contributed by atoms with Gasteiger partial charge in [0.1, 0.15) is 0 Å². The molecule has 0 saturated heterocycles. The van der Waals surface area contributed by atoms with Crippen LogP contribution < -0.4 is 10.6 Å². The molecule has 2 amide bonds. The molecular formula is C12H18N4O3. The fourth-order valence-electron chi connectivity index (χ4n) is 2.40. The second-order valence-electron chi connectivity index (χ2n) is 4.95. The summed E-state index contributed by atoms with van der Waals surface area (Å²) in [6.45, 7) is 1.81. The minimum absolute atomic E-state index is 0.0712. The number of carbonyl (C=O) groups excluding carboxylic acids is 1. The number of urea groups is 1. The molecule has 19 heavy (non-hydrogen) atoms. The van der Waals surface area contributed by atoms with Crippen LogP contribution in [-0.2, 0) is 11.8 Å². The van der Waals surface area contributed by atoms with Gasteiger partial charge in [0.15, 0.2) is 0 Å². The maximum Gasteiger partial charge on any atom is 0.319 e. The lowest BCUT2D eigenvalue weighted by Crippen LogP contribution is -2.36. The molecule has 3 N–H and O–H groups in total. The van der Waals surface area contributed by atoms with Crippen molar-refractivity contribution in [3.63, 3.8) is 0 Å². The quantitative estimate of drug-likeness (QED) is 0.763. The van der Waals surface area contributed by atoms with Crippen LogP contribution >= 0.6 is 0 Å². The van der Waals surface area contributed by atoms with Gasteiger partial charge in [0.2, 0.25) is 0 Å². The van der Waals surface area contributed by atoms with Crippen LogP contribution in [0.1, 0.15) is 25.0 Å². The number of aryl methyl sites for hydroxylation is 2. The zero-order valence-corrected chi connectivity index (χ0v) is 11.0. The van der Waals surface area contributed by atoms with E-state index in [-0.39, 0.29) is 18.0 Å². The van der Waals surface area contributed by atoms with Gasteiger partial charge in [0.05, 0.1) is 17.3 Å². The Hall–Kier alpha value is -2.05. The van der Waals surface area contributed by atoms with Gasteiger partial charge >= 0.3 is 12.0 Å². The van der Waals surface area contributed by atoms with Gasteiger partial charge < -0.3 is 15.7 Å². The molecule has 0 aliphatic heterocycles. The Labute approximate surface area is 111 Å². The van der Waals surface area contributed by atoms with Crippen molar-refractivity contribution < 1.29 is 14.7 Å². The number of anilines is 1. The van der Waals surface area contributed by atoms with E-state index in [2.05, 4.69) is 15.7 Å². The van der Waals surface area contributed by atoms with Crippen molar-refractivity contribution in [2.75, 3.05) is 5.32 Å². The highest BCUT2D eigenvalue weighted by Crippen LogP contribution is 2.25. The smallest absolute Gasteiger partial charge is 0.319 e. The molecule has 1 saturated carbocycles. The van der Waals surface area contributed by atoms with E-state index in [4.69, 9.17) is 5.11 Å². The molecule has 2 rings (SSSR count). The number of nitrogens with one attached hydrogen (secondary N) is 2. The number of carbonyl (C=O) groups is 2. The highest BCUT2D eigenvalue weighted by Gasteiger charge is 2.30. The molecule has 7 heteroatoms. The van der Waals surface area contributed by atoms with E-state index in [1.54, 1.807) is 17.9 Å². The number of hydrogen-bond acceptors (Lipinski definition) is 3. The molecule has 1 aliphatic carbocycles. The first-order chi connectivity index (χ1) is 8.95. The van der Waals surface area contributed by atoms with Crippen molar-refractivity contribution in [2.45, 2.75) is 32.2 Å². The van der Waals surface area contributed by atoms with Gasteiger partial charge in [-0.3, -0.25) is 9.48 Å². The van der Waals surface area contributed by atoms with Gasteiger partial charge in [-0.1, -0.05) is 0 Å². The normalized spacial score (nSPS) is 22.2.